The van der Waals surface area contributed by atoms with Gasteiger partial charge in [0.25, 0.3) is 5.91 Å². The van der Waals surface area contributed by atoms with Crippen molar-refractivity contribution in [3.8, 4) is 0 Å². The number of fused-ring (bicyclic) bond motifs is 1. The molecule has 2 aromatic rings. The summed E-state index contributed by atoms with van der Waals surface area (Å²) in [5.74, 6) is 0.669. The van der Waals surface area contributed by atoms with E-state index >= 15 is 0 Å². The molecule has 4 N–H and O–H groups in total. The smallest absolute Gasteiger partial charge is 0.251 e. The quantitative estimate of drug-likeness (QED) is 0.245. The maximum Gasteiger partial charge on any atom is 0.251 e. The third-order valence-corrected chi connectivity index (χ3v) is 6.74. The van der Waals surface area contributed by atoms with Crippen LogP contribution in [0.3, 0.4) is 0 Å². The predicted octanol–water partition coefficient (Wildman–Crippen LogP) is 5.93. The number of hydrogen-bond donors (Lipinski definition) is 4. The van der Waals surface area contributed by atoms with Crippen molar-refractivity contribution in [3.63, 3.8) is 0 Å². The summed E-state index contributed by atoms with van der Waals surface area (Å²) in [6.07, 6.45) is 2.41. The predicted molar refractivity (Wildman–Crippen MR) is 171 cm³/mol. The molecule has 4 unspecified atom stereocenters. The summed E-state index contributed by atoms with van der Waals surface area (Å²) < 4.78 is 0. The van der Waals surface area contributed by atoms with Gasteiger partial charge in [0.05, 0.1) is 12.2 Å². The largest absolute Gasteiger partial charge is 0.392 e. The molecule has 4 atom stereocenters. The lowest BCUT2D eigenvalue weighted by Gasteiger charge is -2.17. The van der Waals surface area contributed by atoms with E-state index in [1.807, 2.05) is 13.8 Å². The summed E-state index contributed by atoms with van der Waals surface area (Å²) in [5.41, 5.74) is 3.54. The van der Waals surface area contributed by atoms with E-state index in [9.17, 15) is 24.6 Å². The number of rotatable bonds is 11. The molecule has 0 heterocycles. The summed E-state index contributed by atoms with van der Waals surface area (Å²) in [6, 6.07) is 14.8. The molecule has 0 bridgehead atoms. The van der Waals surface area contributed by atoms with Gasteiger partial charge in [-0.15, -0.1) is 0 Å². The van der Waals surface area contributed by atoms with Crippen molar-refractivity contribution in [2.45, 2.75) is 99.2 Å². The Morgan fingerprint density at radius 2 is 1.52 bits per heavy atom. The lowest BCUT2D eigenvalue weighted by Crippen LogP contribution is -2.37. The van der Waals surface area contributed by atoms with Crippen LogP contribution >= 0.6 is 0 Å². The molecule has 42 heavy (non-hydrogen) atoms. The van der Waals surface area contributed by atoms with E-state index in [2.05, 4.69) is 62.6 Å². The van der Waals surface area contributed by atoms with Gasteiger partial charge < -0.3 is 20.8 Å². The van der Waals surface area contributed by atoms with Crippen molar-refractivity contribution in [3.05, 3.63) is 70.8 Å². The minimum Gasteiger partial charge on any atom is -0.392 e. The summed E-state index contributed by atoms with van der Waals surface area (Å²) in [4.78, 5) is 35.4. The van der Waals surface area contributed by atoms with E-state index in [0.717, 1.165) is 25.2 Å². The van der Waals surface area contributed by atoms with Crippen LogP contribution in [0.2, 0.25) is 0 Å². The standard InChI is InChI=1S/C19H28N2O4.C12H16O.C4H10/c1-12(2)10-20-18(24)13(3)8-17(23)11-21-19(25)16-7-5-6-15(9-16)14(4)22;1-2-5-11-10-7-4-3-6-9(10)8-12(11)13;1-4(2)3/h5-7,9,12-13,17,23H,8,10-11H2,1-4H3,(H,20,24)(H,21,25);3-4,6-7,11-13H,2,5,8H2,1H3;4H,1-3H3. The van der Waals surface area contributed by atoms with Crippen LogP contribution < -0.4 is 10.6 Å². The van der Waals surface area contributed by atoms with Crippen molar-refractivity contribution in [1.82, 2.24) is 10.6 Å². The highest BCUT2D eigenvalue weighted by atomic mass is 16.3. The van der Waals surface area contributed by atoms with E-state index in [-0.39, 0.29) is 42.6 Å². The fraction of sp³-hybridized carbons (Fsp3) is 0.571. The van der Waals surface area contributed by atoms with E-state index in [0.29, 0.717) is 29.5 Å². The number of carbonyl (C=O) groups excluding carboxylic acids is 3. The third kappa shape index (κ3) is 13.8. The number of hydrogen-bond acceptors (Lipinski definition) is 5. The molecule has 0 saturated carbocycles. The summed E-state index contributed by atoms with van der Waals surface area (Å²) in [7, 11) is 0. The van der Waals surface area contributed by atoms with E-state index in [1.165, 1.54) is 24.1 Å². The minimum atomic E-state index is -0.820. The molecule has 7 nitrogen and oxygen atoms in total. The number of amides is 2. The van der Waals surface area contributed by atoms with Crippen molar-refractivity contribution in [2.75, 3.05) is 13.1 Å². The third-order valence-electron chi connectivity index (χ3n) is 6.74. The molecule has 3 rings (SSSR count). The van der Waals surface area contributed by atoms with Gasteiger partial charge in [-0.3, -0.25) is 14.4 Å². The highest BCUT2D eigenvalue weighted by molar-refractivity contribution is 5.99. The monoisotopic (exact) mass is 582 g/mol. The topological polar surface area (TPSA) is 116 Å². The molecule has 0 aromatic heterocycles. The van der Waals surface area contributed by atoms with Crippen LogP contribution in [-0.2, 0) is 11.2 Å². The second-order valence-corrected chi connectivity index (χ2v) is 12.4. The Bertz CT molecular complexity index is 1110. The Balaban J connectivity index is 0.000000427. The van der Waals surface area contributed by atoms with Crippen LogP contribution in [0.15, 0.2) is 48.5 Å². The van der Waals surface area contributed by atoms with Crippen LogP contribution in [0, 0.1) is 17.8 Å². The second kappa shape index (κ2) is 19.2. The van der Waals surface area contributed by atoms with Crippen LogP contribution in [0.25, 0.3) is 0 Å². The molecule has 0 aliphatic heterocycles. The fourth-order valence-electron chi connectivity index (χ4n) is 4.58. The highest BCUT2D eigenvalue weighted by Crippen LogP contribution is 2.36. The number of aliphatic hydroxyl groups excluding tert-OH is 2. The van der Waals surface area contributed by atoms with Gasteiger partial charge in [-0.2, -0.15) is 0 Å². The first-order chi connectivity index (χ1) is 19.8. The number of benzene rings is 2. The molecule has 2 aromatic carbocycles. The van der Waals surface area contributed by atoms with Crippen LogP contribution in [0.5, 0.6) is 0 Å². The van der Waals surface area contributed by atoms with Crippen LogP contribution in [-0.4, -0.2) is 53.1 Å². The lowest BCUT2D eigenvalue weighted by atomic mass is 9.95. The Morgan fingerprint density at radius 1 is 0.905 bits per heavy atom. The van der Waals surface area contributed by atoms with Gasteiger partial charge in [-0.25, -0.2) is 0 Å². The average molecular weight is 583 g/mol. The summed E-state index contributed by atoms with van der Waals surface area (Å²) in [6.45, 7) is 16.5. The molecular formula is C35H54N2O5. The summed E-state index contributed by atoms with van der Waals surface area (Å²) >= 11 is 0. The molecule has 2 amide bonds. The minimum absolute atomic E-state index is 0.0466. The van der Waals surface area contributed by atoms with E-state index in [4.69, 9.17) is 0 Å². The molecular weight excluding hydrogens is 528 g/mol. The second-order valence-electron chi connectivity index (χ2n) is 12.4. The lowest BCUT2D eigenvalue weighted by molar-refractivity contribution is -0.125. The molecule has 7 heteroatoms. The van der Waals surface area contributed by atoms with Gasteiger partial charge in [-0.1, -0.05) is 91.3 Å². The Hall–Kier alpha value is -3.03. The number of ketones is 1. The highest BCUT2D eigenvalue weighted by Gasteiger charge is 2.29. The molecule has 0 spiro atoms. The molecule has 0 radical (unpaired) electrons. The molecule has 1 aliphatic carbocycles. The van der Waals surface area contributed by atoms with Gasteiger partial charge in [0.1, 0.15) is 0 Å². The van der Waals surface area contributed by atoms with Gasteiger partial charge in [0.2, 0.25) is 5.91 Å². The van der Waals surface area contributed by atoms with Gasteiger partial charge in [-0.05, 0) is 61.3 Å². The van der Waals surface area contributed by atoms with E-state index in [1.54, 1.807) is 25.1 Å². The molecule has 0 saturated heterocycles. The van der Waals surface area contributed by atoms with Gasteiger partial charge in [0, 0.05) is 36.1 Å². The molecule has 234 valence electrons. The fourth-order valence-corrected chi connectivity index (χ4v) is 4.58. The maximum absolute atomic E-state index is 12.1. The zero-order chi connectivity index (χ0) is 31.8. The van der Waals surface area contributed by atoms with E-state index < -0.39 is 6.10 Å². The SMILES string of the molecule is CC(=O)c1cccc(C(=O)NCC(O)CC(C)C(=O)NCC(C)C)c1.CC(C)C.CCCC1c2ccccc2CC1O. The van der Waals surface area contributed by atoms with Gasteiger partial charge in [0.15, 0.2) is 5.78 Å². The zero-order valence-corrected chi connectivity index (χ0v) is 26.9. The number of carbonyl (C=O) groups is 3. The maximum atomic E-state index is 12.1. The Morgan fingerprint density at radius 3 is 2.12 bits per heavy atom. The number of aliphatic hydroxyl groups is 2. The first-order valence-corrected chi connectivity index (χ1v) is 15.4. The van der Waals surface area contributed by atoms with Crippen molar-refractivity contribution in [1.29, 1.82) is 0 Å². The van der Waals surface area contributed by atoms with Crippen molar-refractivity contribution in [2.24, 2.45) is 17.8 Å². The normalized spacial score (nSPS) is 16.8. The molecule has 1 aliphatic rings. The number of nitrogens with one attached hydrogen (secondary N) is 2. The molecule has 0 fully saturated rings. The van der Waals surface area contributed by atoms with Crippen molar-refractivity contribution >= 4 is 17.6 Å². The average Bonchev–Trinajstić information content (AvgIpc) is 3.25. The van der Waals surface area contributed by atoms with Gasteiger partial charge >= 0.3 is 0 Å². The van der Waals surface area contributed by atoms with Crippen LogP contribution in [0.1, 0.15) is 112 Å². The Kier molecular flexibility index (Phi) is 16.9. The Labute approximate surface area is 253 Å². The first kappa shape index (κ1) is 37.0. The first-order valence-electron chi connectivity index (χ1n) is 15.4. The van der Waals surface area contributed by atoms with Crippen LogP contribution in [0.4, 0.5) is 0 Å². The zero-order valence-electron chi connectivity index (χ0n) is 26.9. The summed E-state index contributed by atoms with van der Waals surface area (Å²) in [5, 5.41) is 25.3. The van der Waals surface area contributed by atoms with Crippen molar-refractivity contribution < 1.29 is 24.6 Å². The number of Topliss-reactive ketones (excluding diaryl/α,β-unsaturated/α-hetero) is 1.